The van der Waals surface area contributed by atoms with Gasteiger partial charge >= 0.3 is 0 Å². The Labute approximate surface area is 270 Å². The van der Waals surface area contributed by atoms with Crippen molar-refractivity contribution in [3.8, 4) is 0 Å². The molecule has 7 nitrogen and oxygen atoms in total. The monoisotopic (exact) mass is 643 g/mol. The van der Waals surface area contributed by atoms with Gasteiger partial charge in [0.2, 0.25) is 11.8 Å². The van der Waals surface area contributed by atoms with E-state index in [0.29, 0.717) is 10.7 Å². The van der Waals surface area contributed by atoms with Crippen molar-refractivity contribution in [1.29, 1.82) is 0 Å². The molecule has 2 amide bonds. The van der Waals surface area contributed by atoms with Crippen molar-refractivity contribution in [3.05, 3.63) is 131 Å². The molecular weight excluding hydrogens is 606 g/mol. The summed E-state index contributed by atoms with van der Waals surface area (Å²) in [5.41, 5.74) is 3.03. The van der Waals surface area contributed by atoms with Crippen LogP contribution in [0.1, 0.15) is 42.4 Å². The van der Waals surface area contributed by atoms with Crippen molar-refractivity contribution < 1.29 is 18.0 Å². The maximum absolute atomic E-state index is 14.5. The van der Waals surface area contributed by atoms with Gasteiger partial charge in [-0.3, -0.25) is 13.9 Å². The normalized spacial score (nSPS) is 14.1. The van der Waals surface area contributed by atoms with E-state index in [1.165, 1.54) is 29.2 Å². The van der Waals surface area contributed by atoms with Crippen molar-refractivity contribution in [3.63, 3.8) is 0 Å². The molecule has 4 aromatic rings. The molecule has 9 heteroatoms. The quantitative estimate of drug-likeness (QED) is 0.190. The fraction of sp³-hybridized carbons (Fsp3) is 0.278. The Kier molecular flexibility index (Phi) is 10.6. The summed E-state index contributed by atoms with van der Waals surface area (Å²) in [6.07, 6.45) is 4.18. The van der Waals surface area contributed by atoms with E-state index in [4.69, 9.17) is 11.6 Å². The van der Waals surface area contributed by atoms with Crippen LogP contribution in [0.4, 0.5) is 5.69 Å². The fourth-order valence-corrected chi connectivity index (χ4v) is 7.22. The molecule has 0 aromatic heterocycles. The first-order valence-corrected chi connectivity index (χ1v) is 17.1. The third-order valence-corrected chi connectivity index (χ3v) is 10.2. The van der Waals surface area contributed by atoms with Gasteiger partial charge in [-0.15, -0.1) is 0 Å². The molecule has 45 heavy (non-hydrogen) atoms. The lowest BCUT2D eigenvalue weighted by atomic mass is 10.0. The molecule has 1 N–H and O–H groups in total. The van der Waals surface area contributed by atoms with E-state index in [1.807, 2.05) is 67.6 Å². The summed E-state index contributed by atoms with van der Waals surface area (Å²) in [7, 11) is -4.18. The van der Waals surface area contributed by atoms with Crippen LogP contribution in [0.2, 0.25) is 5.02 Å². The second kappa shape index (κ2) is 14.8. The summed E-state index contributed by atoms with van der Waals surface area (Å²) in [5.74, 6) is -0.725. The van der Waals surface area contributed by atoms with Gasteiger partial charge in [-0.25, -0.2) is 8.42 Å². The van der Waals surface area contributed by atoms with Crippen molar-refractivity contribution in [1.82, 2.24) is 10.2 Å². The minimum Gasteiger partial charge on any atom is -0.352 e. The van der Waals surface area contributed by atoms with Crippen LogP contribution >= 0.6 is 11.6 Å². The molecule has 4 aromatic carbocycles. The number of halogens is 1. The van der Waals surface area contributed by atoms with Crippen LogP contribution in [0.25, 0.3) is 0 Å². The van der Waals surface area contributed by atoms with E-state index >= 15 is 0 Å². The summed E-state index contributed by atoms with van der Waals surface area (Å²) in [4.78, 5) is 30.1. The topological polar surface area (TPSA) is 86.8 Å². The van der Waals surface area contributed by atoms with Crippen LogP contribution in [0, 0.1) is 6.92 Å². The van der Waals surface area contributed by atoms with Gasteiger partial charge in [0, 0.05) is 24.0 Å². The smallest absolute Gasteiger partial charge is 0.264 e. The molecule has 0 heterocycles. The molecule has 5 rings (SSSR count). The molecule has 1 saturated carbocycles. The third kappa shape index (κ3) is 8.32. The zero-order valence-corrected chi connectivity index (χ0v) is 26.9. The number of sulfonamides is 1. The molecule has 1 unspecified atom stereocenters. The molecule has 0 bridgehead atoms. The van der Waals surface area contributed by atoms with Gasteiger partial charge in [0.25, 0.3) is 10.0 Å². The summed E-state index contributed by atoms with van der Waals surface area (Å²) in [6, 6.07) is 31.1. The number of hydrogen-bond acceptors (Lipinski definition) is 4. The molecule has 1 atom stereocenters. The number of nitrogens with one attached hydrogen (secondary N) is 1. The van der Waals surface area contributed by atoms with Gasteiger partial charge in [0.1, 0.15) is 12.6 Å². The molecule has 0 saturated heterocycles. The van der Waals surface area contributed by atoms with Gasteiger partial charge in [0.15, 0.2) is 0 Å². The number of hydrogen-bond donors (Lipinski definition) is 1. The second-order valence-corrected chi connectivity index (χ2v) is 13.8. The summed E-state index contributed by atoms with van der Waals surface area (Å²) in [6.45, 7) is 1.55. The van der Waals surface area contributed by atoms with Crippen molar-refractivity contribution in [2.75, 3.05) is 10.8 Å². The van der Waals surface area contributed by atoms with Crippen LogP contribution in [0.15, 0.2) is 114 Å². The first-order valence-electron chi connectivity index (χ1n) is 15.2. The predicted octanol–water partition coefficient (Wildman–Crippen LogP) is 6.54. The Balaban J connectivity index is 1.55. The number of benzene rings is 4. The minimum absolute atomic E-state index is 0.00898. The lowest BCUT2D eigenvalue weighted by Gasteiger charge is -2.34. The lowest BCUT2D eigenvalue weighted by molar-refractivity contribution is -0.140. The van der Waals surface area contributed by atoms with Gasteiger partial charge < -0.3 is 10.2 Å². The number of rotatable bonds is 12. The molecule has 0 radical (unpaired) electrons. The first-order chi connectivity index (χ1) is 21.7. The maximum atomic E-state index is 14.5. The maximum Gasteiger partial charge on any atom is 0.264 e. The van der Waals surface area contributed by atoms with E-state index < -0.39 is 28.5 Å². The highest BCUT2D eigenvalue weighted by Gasteiger charge is 2.35. The van der Waals surface area contributed by atoms with E-state index in [2.05, 4.69) is 5.32 Å². The average molecular weight is 644 g/mol. The molecule has 1 aliphatic rings. The number of anilines is 1. The van der Waals surface area contributed by atoms with E-state index in [0.717, 1.165) is 46.7 Å². The molecule has 0 spiro atoms. The van der Waals surface area contributed by atoms with Gasteiger partial charge in [0.05, 0.1) is 10.6 Å². The number of nitrogens with zero attached hydrogens (tertiary/aromatic N) is 2. The number of carbonyl (C=O) groups excluding carboxylic acids is 2. The number of aryl methyl sites for hydroxylation is 1. The van der Waals surface area contributed by atoms with Crippen molar-refractivity contribution in [2.45, 2.75) is 62.6 Å². The standard InChI is InChI=1S/C36H38ClN3O4S/c1-27-16-20-32(21-17-27)40(45(43,44)33-22-18-30(37)19-23-33)26-35(41)39(25-29-12-6-3-7-13-29)34(24-28-10-4-2-5-11-28)36(42)38-31-14-8-9-15-31/h2-7,10-13,16-23,31,34H,8-9,14-15,24-26H2,1H3,(H,38,42). The van der Waals surface area contributed by atoms with Crippen molar-refractivity contribution in [2.24, 2.45) is 0 Å². The Morgan fingerprint density at radius 1 is 0.822 bits per heavy atom. The largest absolute Gasteiger partial charge is 0.352 e. The van der Waals surface area contributed by atoms with Crippen LogP contribution < -0.4 is 9.62 Å². The summed E-state index contributed by atoms with van der Waals surface area (Å²) >= 11 is 6.06. The lowest BCUT2D eigenvalue weighted by Crippen LogP contribution is -2.54. The number of amides is 2. The third-order valence-electron chi connectivity index (χ3n) is 8.17. The van der Waals surface area contributed by atoms with Crippen LogP contribution in [0.5, 0.6) is 0 Å². The average Bonchev–Trinajstić information content (AvgIpc) is 3.56. The molecule has 1 fully saturated rings. The van der Waals surface area contributed by atoms with E-state index in [9.17, 15) is 18.0 Å². The van der Waals surface area contributed by atoms with E-state index in [1.54, 1.807) is 24.3 Å². The van der Waals surface area contributed by atoms with E-state index in [-0.39, 0.29) is 29.8 Å². The van der Waals surface area contributed by atoms with Gasteiger partial charge in [-0.05, 0) is 67.3 Å². The minimum atomic E-state index is -4.18. The van der Waals surface area contributed by atoms with Crippen LogP contribution in [-0.2, 0) is 32.6 Å². The molecule has 0 aliphatic heterocycles. The Morgan fingerprint density at radius 2 is 1.40 bits per heavy atom. The molecule has 1 aliphatic carbocycles. The van der Waals surface area contributed by atoms with Gasteiger partial charge in [-0.1, -0.05) is 103 Å². The van der Waals surface area contributed by atoms with Gasteiger partial charge in [-0.2, -0.15) is 0 Å². The highest BCUT2D eigenvalue weighted by molar-refractivity contribution is 7.92. The fourth-order valence-electron chi connectivity index (χ4n) is 5.68. The second-order valence-electron chi connectivity index (χ2n) is 11.5. The number of carbonyl (C=O) groups is 2. The SMILES string of the molecule is Cc1ccc(N(CC(=O)N(Cc2ccccc2)C(Cc2ccccc2)C(=O)NC2CCCC2)S(=O)(=O)c2ccc(Cl)cc2)cc1. The highest BCUT2D eigenvalue weighted by Crippen LogP contribution is 2.27. The highest BCUT2D eigenvalue weighted by atomic mass is 35.5. The Morgan fingerprint density at radius 3 is 2.00 bits per heavy atom. The zero-order valence-electron chi connectivity index (χ0n) is 25.3. The zero-order chi connectivity index (χ0) is 31.8. The van der Waals surface area contributed by atoms with Crippen LogP contribution in [0.3, 0.4) is 0 Å². The summed E-state index contributed by atoms with van der Waals surface area (Å²) in [5, 5.41) is 3.60. The molecular formula is C36H38ClN3O4S. The van der Waals surface area contributed by atoms with Crippen LogP contribution in [-0.4, -0.2) is 43.8 Å². The summed E-state index contributed by atoms with van der Waals surface area (Å²) < 4.78 is 29.3. The molecule has 234 valence electrons. The Hall–Kier alpha value is -4.14. The Bertz CT molecular complexity index is 1680. The predicted molar refractivity (Wildman–Crippen MR) is 178 cm³/mol. The van der Waals surface area contributed by atoms with Crippen molar-refractivity contribution >= 4 is 39.1 Å². The first kappa shape index (κ1) is 32.3.